The standard InChI is InChI=1S/C13H16BrN3/c14-12-11-7-6-10(15)8-17(11)13(16-12)9-4-2-1-3-5-9/h6-9H,1-5,15H2. The van der Waals surface area contributed by atoms with Crippen molar-refractivity contribution in [3.05, 3.63) is 28.8 Å². The maximum atomic E-state index is 5.87. The number of aromatic nitrogens is 2. The molecule has 1 saturated carbocycles. The third kappa shape index (κ3) is 1.95. The lowest BCUT2D eigenvalue weighted by Gasteiger charge is -2.20. The Morgan fingerprint density at radius 2 is 2.00 bits per heavy atom. The number of nitrogens with zero attached hydrogens (tertiary/aromatic N) is 2. The molecule has 2 aromatic heterocycles. The molecule has 0 atom stereocenters. The second-order valence-electron chi connectivity index (χ2n) is 4.81. The minimum Gasteiger partial charge on any atom is -0.398 e. The quantitative estimate of drug-likeness (QED) is 0.871. The SMILES string of the molecule is Nc1ccc2c(Br)nc(C3CCCCC3)n2c1. The van der Waals surface area contributed by atoms with Crippen LogP contribution in [-0.2, 0) is 0 Å². The molecule has 3 nitrogen and oxygen atoms in total. The van der Waals surface area contributed by atoms with Gasteiger partial charge in [0.05, 0.1) is 5.52 Å². The van der Waals surface area contributed by atoms with Crippen LogP contribution in [-0.4, -0.2) is 9.38 Å². The molecule has 2 N–H and O–H groups in total. The van der Waals surface area contributed by atoms with Gasteiger partial charge < -0.3 is 10.1 Å². The van der Waals surface area contributed by atoms with Crippen LogP contribution in [0, 0.1) is 0 Å². The van der Waals surface area contributed by atoms with E-state index in [0.717, 1.165) is 15.8 Å². The summed E-state index contributed by atoms with van der Waals surface area (Å²) in [6.07, 6.45) is 8.49. The number of hydrogen-bond acceptors (Lipinski definition) is 2. The van der Waals surface area contributed by atoms with Gasteiger partial charge in [-0.1, -0.05) is 19.3 Å². The van der Waals surface area contributed by atoms with Gasteiger partial charge in [0.25, 0.3) is 0 Å². The molecule has 0 radical (unpaired) electrons. The van der Waals surface area contributed by atoms with E-state index in [-0.39, 0.29) is 0 Å². The summed E-state index contributed by atoms with van der Waals surface area (Å²) in [5.41, 5.74) is 7.77. The fourth-order valence-corrected chi connectivity index (χ4v) is 3.24. The molecule has 4 heteroatoms. The van der Waals surface area contributed by atoms with Crippen molar-refractivity contribution >= 4 is 27.1 Å². The molecular formula is C13H16BrN3. The van der Waals surface area contributed by atoms with Crippen LogP contribution < -0.4 is 5.73 Å². The second kappa shape index (κ2) is 4.33. The van der Waals surface area contributed by atoms with Gasteiger partial charge in [-0.15, -0.1) is 0 Å². The predicted molar refractivity (Wildman–Crippen MR) is 73.1 cm³/mol. The molecule has 0 bridgehead atoms. The zero-order valence-electron chi connectivity index (χ0n) is 9.69. The first-order valence-corrected chi connectivity index (χ1v) is 6.98. The van der Waals surface area contributed by atoms with Crippen LogP contribution in [0.2, 0.25) is 0 Å². The van der Waals surface area contributed by atoms with Crippen LogP contribution in [0.15, 0.2) is 22.9 Å². The highest BCUT2D eigenvalue weighted by atomic mass is 79.9. The number of halogens is 1. The lowest BCUT2D eigenvalue weighted by molar-refractivity contribution is 0.427. The first-order chi connectivity index (χ1) is 8.25. The molecule has 0 aliphatic heterocycles. The first-order valence-electron chi connectivity index (χ1n) is 6.18. The Labute approximate surface area is 109 Å². The van der Waals surface area contributed by atoms with Gasteiger partial charge in [-0.25, -0.2) is 4.98 Å². The summed E-state index contributed by atoms with van der Waals surface area (Å²) in [6.45, 7) is 0. The minimum absolute atomic E-state index is 0.587. The smallest absolute Gasteiger partial charge is 0.132 e. The minimum atomic E-state index is 0.587. The largest absolute Gasteiger partial charge is 0.398 e. The van der Waals surface area contributed by atoms with E-state index in [0.29, 0.717) is 5.92 Å². The number of hydrogen-bond donors (Lipinski definition) is 1. The summed E-state index contributed by atoms with van der Waals surface area (Å²) in [7, 11) is 0. The Hall–Kier alpha value is -1.03. The lowest BCUT2D eigenvalue weighted by atomic mass is 9.89. The summed E-state index contributed by atoms with van der Waals surface area (Å²) in [5.74, 6) is 1.75. The van der Waals surface area contributed by atoms with Crippen molar-refractivity contribution in [3.63, 3.8) is 0 Å². The maximum absolute atomic E-state index is 5.87. The van der Waals surface area contributed by atoms with E-state index < -0.39 is 0 Å². The van der Waals surface area contributed by atoms with Crippen molar-refractivity contribution < 1.29 is 0 Å². The monoisotopic (exact) mass is 293 g/mol. The average molecular weight is 294 g/mol. The van der Waals surface area contributed by atoms with Gasteiger partial charge in [0.1, 0.15) is 10.4 Å². The van der Waals surface area contributed by atoms with E-state index in [4.69, 9.17) is 5.73 Å². The fourth-order valence-electron chi connectivity index (χ4n) is 2.74. The van der Waals surface area contributed by atoms with E-state index in [9.17, 15) is 0 Å². The molecule has 1 aliphatic rings. The Balaban J connectivity index is 2.11. The molecule has 90 valence electrons. The van der Waals surface area contributed by atoms with Gasteiger partial charge in [-0.3, -0.25) is 0 Å². The topological polar surface area (TPSA) is 43.3 Å². The second-order valence-corrected chi connectivity index (χ2v) is 5.56. The summed E-state index contributed by atoms with van der Waals surface area (Å²) in [6, 6.07) is 3.95. The number of imidazole rings is 1. The van der Waals surface area contributed by atoms with Crippen molar-refractivity contribution in [2.75, 3.05) is 5.73 Å². The van der Waals surface area contributed by atoms with Crippen LogP contribution in [0.1, 0.15) is 43.8 Å². The van der Waals surface area contributed by atoms with Gasteiger partial charge in [-0.05, 0) is 40.9 Å². The molecule has 1 aliphatic carbocycles. The summed E-state index contributed by atoms with van der Waals surface area (Å²) in [5, 5.41) is 0. The van der Waals surface area contributed by atoms with E-state index in [1.54, 1.807) is 0 Å². The summed E-state index contributed by atoms with van der Waals surface area (Å²) in [4.78, 5) is 4.68. The van der Waals surface area contributed by atoms with Crippen molar-refractivity contribution in [1.82, 2.24) is 9.38 Å². The molecule has 17 heavy (non-hydrogen) atoms. The van der Waals surface area contributed by atoms with Crippen LogP contribution in [0.25, 0.3) is 5.52 Å². The third-order valence-corrected chi connectivity index (χ3v) is 4.20. The maximum Gasteiger partial charge on any atom is 0.132 e. The number of nitrogen functional groups attached to an aromatic ring is 1. The summed E-state index contributed by atoms with van der Waals surface area (Å²) < 4.78 is 3.08. The normalized spacial score (nSPS) is 17.7. The van der Waals surface area contributed by atoms with Crippen LogP contribution in [0.3, 0.4) is 0 Å². The van der Waals surface area contributed by atoms with E-state index >= 15 is 0 Å². The number of pyridine rings is 1. The predicted octanol–water partition coefficient (Wildman–Crippen LogP) is 3.73. The van der Waals surface area contributed by atoms with Gasteiger partial charge >= 0.3 is 0 Å². The number of anilines is 1. The molecule has 1 fully saturated rings. The van der Waals surface area contributed by atoms with E-state index in [1.807, 2.05) is 18.3 Å². The van der Waals surface area contributed by atoms with Crippen LogP contribution >= 0.6 is 15.9 Å². The number of rotatable bonds is 1. The van der Waals surface area contributed by atoms with E-state index in [1.165, 1.54) is 37.9 Å². The highest BCUT2D eigenvalue weighted by Gasteiger charge is 2.21. The van der Waals surface area contributed by atoms with E-state index in [2.05, 4.69) is 25.3 Å². The zero-order valence-corrected chi connectivity index (χ0v) is 11.3. The highest BCUT2D eigenvalue weighted by Crippen LogP contribution is 2.34. The lowest BCUT2D eigenvalue weighted by Crippen LogP contribution is -2.08. The fraction of sp³-hybridized carbons (Fsp3) is 0.462. The highest BCUT2D eigenvalue weighted by molar-refractivity contribution is 9.10. The van der Waals surface area contributed by atoms with Crippen molar-refractivity contribution in [2.45, 2.75) is 38.0 Å². The Kier molecular flexibility index (Phi) is 2.82. The molecule has 0 unspecified atom stereocenters. The first kappa shape index (κ1) is 11.1. The average Bonchev–Trinajstić information content (AvgIpc) is 2.67. The zero-order chi connectivity index (χ0) is 11.8. The molecule has 0 aromatic carbocycles. The Bertz CT molecular complexity index is 541. The Morgan fingerprint density at radius 1 is 1.24 bits per heavy atom. The number of fused-ring (bicyclic) bond motifs is 1. The molecule has 3 rings (SSSR count). The van der Waals surface area contributed by atoms with Crippen molar-refractivity contribution in [2.24, 2.45) is 0 Å². The van der Waals surface area contributed by atoms with Gasteiger partial charge in [0.15, 0.2) is 0 Å². The summed E-state index contributed by atoms with van der Waals surface area (Å²) >= 11 is 3.54. The van der Waals surface area contributed by atoms with Gasteiger partial charge in [0.2, 0.25) is 0 Å². The Morgan fingerprint density at radius 3 is 2.76 bits per heavy atom. The van der Waals surface area contributed by atoms with Crippen molar-refractivity contribution in [3.8, 4) is 0 Å². The molecule has 2 aromatic rings. The van der Waals surface area contributed by atoms with Gasteiger partial charge in [0, 0.05) is 17.8 Å². The van der Waals surface area contributed by atoms with Crippen molar-refractivity contribution in [1.29, 1.82) is 0 Å². The third-order valence-electron chi connectivity index (χ3n) is 3.61. The molecule has 0 spiro atoms. The molecule has 0 amide bonds. The number of nitrogens with two attached hydrogens (primary N) is 1. The molecule has 0 saturated heterocycles. The molecule has 2 heterocycles. The van der Waals surface area contributed by atoms with Gasteiger partial charge in [-0.2, -0.15) is 0 Å². The van der Waals surface area contributed by atoms with Crippen LogP contribution in [0.4, 0.5) is 5.69 Å². The van der Waals surface area contributed by atoms with Crippen LogP contribution in [0.5, 0.6) is 0 Å². The molecular weight excluding hydrogens is 278 g/mol.